The fourth-order valence-electron chi connectivity index (χ4n) is 3.53. The van der Waals surface area contributed by atoms with Crippen LogP contribution in [0.5, 0.6) is 0 Å². The second-order valence-electron chi connectivity index (χ2n) is 6.69. The van der Waals surface area contributed by atoms with Crippen molar-refractivity contribution < 1.29 is 0 Å². The van der Waals surface area contributed by atoms with Crippen LogP contribution in [0.3, 0.4) is 0 Å². The van der Waals surface area contributed by atoms with Gasteiger partial charge in [-0.25, -0.2) is 4.98 Å². The Morgan fingerprint density at radius 2 is 2.05 bits per heavy atom. The van der Waals surface area contributed by atoms with Crippen molar-refractivity contribution in [1.29, 1.82) is 0 Å². The predicted molar refractivity (Wildman–Crippen MR) is 84.7 cm³/mol. The van der Waals surface area contributed by atoms with Crippen LogP contribution in [-0.2, 0) is 6.54 Å². The van der Waals surface area contributed by atoms with E-state index in [9.17, 15) is 0 Å². The van der Waals surface area contributed by atoms with Gasteiger partial charge in [0, 0.05) is 18.8 Å². The molecule has 0 amide bonds. The van der Waals surface area contributed by atoms with Gasteiger partial charge in [0.2, 0.25) is 0 Å². The van der Waals surface area contributed by atoms with Crippen molar-refractivity contribution in [2.45, 2.75) is 71.9 Å². The average molecular weight is 277 g/mol. The van der Waals surface area contributed by atoms with E-state index in [-0.39, 0.29) is 0 Å². The second-order valence-corrected chi connectivity index (χ2v) is 6.69. The summed E-state index contributed by atoms with van der Waals surface area (Å²) in [7, 11) is 0. The molecule has 2 rings (SSSR count). The van der Waals surface area contributed by atoms with Gasteiger partial charge in [-0.2, -0.15) is 0 Å². The first kappa shape index (κ1) is 15.6. The van der Waals surface area contributed by atoms with E-state index in [1.165, 1.54) is 44.2 Å². The lowest BCUT2D eigenvalue weighted by molar-refractivity contribution is 0.238. The Balaban J connectivity index is 2.00. The molecule has 1 unspecified atom stereocenters. The molecule has 20 heavy (non-hydrogen) atoms. The van der Waals surface area contributed by atoms with Gasteiger partial charge in [0.05, 0.1) is 12.0 Å². The first-order chi connectivity index (χ1) is 9.72. The fraction of sp³-hybridized carbons (Fsp3) is 0.824. The van der Waals surface area contributed by atoms with Crippen molar-refractivity contribution in [3.63, 3.8) is 0 Å². The van der Waals surface area contributed by atoms with Crippen LogP contribution in [0.25, 0.3) is 0 Å². The van der Waals surface area contributed by atoms with Crippen molar-refractivity contribution >= 4 is 0 Å². The van der Waals surface area contributed by atoms with E-state index >= 15 is 0 Å². The lowest BCUT2D eigenvalue weighted by Crippen LogP contribution is -2.25. The molecule has 0 aliphatic heterocycles. The van der Waals surface area contributed by atoms with Crippen LogP contribution in [0.4, 0.5) is 0 Å². The lowest BCUT2D eigenvalue weighted by Gasteiger charge is -2.31. The Labute approximate surface area is 124 Å². The molecule has 1 aliphatic rings. The van der Waals surface area contributed by atoms with E-state index in [2.05, 4.69) is 42.0 Å². The third-order valence-electron chi connectivity index (χ3n) is 4.57. The third-order valence-corrected chi connectivity index (χ3v) is 4.57. The number of aromatic nitrogens is 2. The lowest BCUT2D eigenvalue weighted by atomic mass is 9.82. The Kier molecular flexibility index (Phi) is 6.08. The van der Waals surface area contributed by atoms with Gasteiger partial charge >= 0.3 is 0 Å². The molecule has 1 atom stereocenters. The maximum absolute atomic E-state index is 4.41. The largest absolute Gasteiger partial charge is 0.330 e. The average Bonchev–Trinajstić information content (AvgIpc) is 2.89. The molecule has 1 heterocycles. The minimum atomic E-state index is 0.647. The molecule has 1 saturated carbocycles. The molecule has 0 saturated heterocycles. The number of hydrogen-bond acceptors (Lipinski definition) is 2. The van der Waals surface area contributed by atoms with Crippen molar-refractivity contribution in [2.75, 3.05) is 6.54 Å². The minimum Gasteiger partial charge on any atom is -0.330 e. The van der Waals surface area contributed by atoms with Crippen molar-refractivity contribution in [1.82, 2.24) is 14.9 Å². The minimum absolute atomic E-state index is 0.647. The van der Waals surface area contributed by atoms with E-state index in [1.54, 1.807) is 0 Å². The van der Waals surface area contributed by atoms with Gasteiger partial charge in [0.25, 0.3) is 0 Å². The summed E-state index contributed by atoms with van der Waals surface area (Å²) in [6.07, 6.45) is 12.4. The highest BCUT2D eigenvalue weighted by molar-refractivity contribution is 5.01. The number of nitrogens with one attached hydrogen (secondary N) is 1. The topological polar surface area (TPSA) is 29.9 Å². The van der Waals surface area contributed by atoms with E-state index < -0.39 is 0 Å². The number of nitrogens with zero attached hydrogens (tertiary/aromatic N) is 2. The van der Waals surface area contributed by atoms with E-state index in [4.69, 9.17) is 0 Å². The van der Waals surface area contributed by atoms with Crippen LogP contribution < -0.4 is 5.32 Å². The Hall–Kier alpha value is -0.830. The molecule has 1 aliphatic carbocycles. The fourth-order valence-corrected chi connectivity index (χ4v) is 3.53. The molecule has 3 nitrogen and oxygen atoms in total. The zero-order chi connectivity index (χ0) is 14.4. The standard InChI is InChI=1S/C17H31N3/c1-4-17(15-8-6-5-7-9-15)20-13-19-12-16(20)11-18-10-14(2)3/h12-15,17-18H,4-11H2,1-3H3. The molecular weight excluding hydrogens is 246 g/mol. The van der Waals surface area contributed by atoms with Crippen LogP contribution in [0.15, 0.2) is 12.5 Å². The van der Waals surface area contributed by atoms with E-state index in [0.717, 1.165) is 19.0 Å². The summed E-state index contributed by atoms with van der Waals surface area (Å²) >= 11 is 0. The van der Waals surface area contributed by atoms with Crippen molar-refractivity contribution in [3.8, 4) is 0 Å². The summed E-state index contributed by atoms with van der Waals surface area (Å²) in [5.41, 5.74) is 1.35. The first-order valence-electron chi connectivity index (χ1n) is 8.43. The van der Waals surface area contributed by atoms with Crippen molar-refractivity contribution in [2.24, 2.45) is 11.8 Å². The third kappa shape index (κ3) is 4.08. The molecule has 114 valence electrons. The highest BCUT2D eigenvalue weighted by Gasteiger charge is 2.24. The number of hydrogen-bond donors (Lipinski definition) is 1. The van der Waals surface area contributed by atoms with Gasteiger partial charge in [-0.1, -0.05) is 40.0 Å². The molecule has 0 bridgehead atoms. The Morgan fingerprint density at radius 1 is 1.30 bits per heavy atom. The van der Waals surface area contributed by atoms with Crippen LogP contribution in [-0.4, -0.2) is 16.1 Å². The van der Waals surface area contributed by atoms with Crippen molar-refractivity contribution in [3.05, 3.63) is 18.2 Å². The zero-order valence-electron chi connectivity index (χ0n) is 13.4. The normalized spacial score (nSPS) is 18.6. The summed E-state index contributed by atoms with van der Waals surface area (Å²) in [6.45, 7) is 8.85. The van der Waals surface area contributed by atoms with Crippen LogP contribution in [0, 0.1) is 11.8 Å². The molecule has 1 fully saturated rings. The smallest absolute Gasteiger partial charge is 0.0951 e. The van der Waals surface area contributed by atoms with Gasteiger partial charge in [-0.15, -0.1) is 0 Å². The van der Waals surface area contributed by atoms with E-state index in [1.807, 2.05) is 6.20 Å². The predicted octanol–water partition coefficient (Wildman–Crippen LogP) is 4.16. The molecule has 0 aromatic carbocycles. The second kappa shape index (κ2) is 7.82. The maximum Gasteiger partial charge on any atom is 0.0951 e. The Bertz CT molecular complexity index is 377. The molecule has 1 N–H and O–H groups in total. The van der Waals surface area contributed by atoms with Gasteiger partial charge in [0.1, 0.15) is 0 Å². The van der Waals surface area contributed by atoms with E-state index in [0.29, 0.717) is 12.0 Å². The summed E-state index contributed by atoms with van der Waals surface area (Å²) in [6, 6.07) is 0.647. The monoisotopic (exact) mass is 277 g/mol. The van der Waals surface area contributed by atoms with Gasteiger partial charge in [-0.05, 0) is 37.6 Å². The molecular formula is C17H31N3. The quantitative estimate of drug-likeness (QED) is 0.811. The highest BCUT2D eigenvalue weighted by atomic mass is 15.1. The summed E-state index contributed by atoms with van der Waals surface area (Å²) in [4.78, 5) is 4.41. The Morgan fingerprint density at radius 3 is 2.70 bits per heavy atom. The SMILES string of the molecule is CCC(C1CCCCC1)n1cncc1CNCC(C)C. The summed E-state index contributed by atoms with van der Waals surface area (Å²) < 4.78 is 2.45. The number of rotatable bonds is 7. The molecule has 3 heteroatoms. The van der Waals surface area contributed by atoms with Gasteiger partial charge in [-0.3, -0.25) is 0 Å². The number of imidazole rings is 1. The van der Waals surface area contributed by atoms with Gasteiger partial charge < -0.3 is 9.88 Å². The molecule has 0 radical (unpaired) electrons. The van der Waals surface area contributed by atoms with Gasteiger partial charge in [0.15, 0.2) is 0 Å². The molecule has 0 spiro atoms. The van der Waals surface area contributed by atoms with Crippen LogP contribution in [0.2, 0.25) is 0 Å². The summed E-state index contributed by atoms with van der Waals surface area (Å²) in [5.74, 6) is 1.55. The first-order valence-corrected chi connectivity index (χ1v) is 8.43. The highest BCUT2D eigenvalue weighted by Crippen LogP contribution is 2.35. The maximum atomic E-state index is 4.41. The zero-order valence-corrected chi connectivity index (χ0v) is 13.4. The molecule has 1 aromatic heterocycles. The summed E-state index contributed by atoms with van der Waals surface area (Å²) in [5, 5.41) is 3.55. The van der Waals surface area contributed by atoms with Crippen LogP contribution >= 0.6 is 0 Å². The van der Waals surface area contributed by atoms with Crippen LogP contribution in [0.1, 0.15) is 71.0 Å². The molecule has 1 aromatic rings.